The molecule has 1 amide bonds. The van der Waals surface area contributed by atoms with Gasteiger partial charge in [0.1, 0.15) is 0 Å². The molecule has 0 spiro atoms. The van der Waals surface area contributed by atoms with Crippen molar-refractivity contribution in [2.24, 2.45) is 0 Å². The molecular formula is C19H35NO4. The van der Waals surface area contributed by atoms with Gasteiger partial charge < -0.3 is 10.4 Å². The normalized spacial score (nSPS) is 10.5. The Morgan fingerprint density at radius 1 is 0.708 bits per heavy atom. The second-order valence-corrected chi connectivity index (χ2v) is 6.46. The van der Waals surface area contributed by atoms with E-state index in [2.05, 4.69) is 12.2 Å². The zero-order valence-electron chi connectivity index (χ0n) is 15.3. The van der Waals surface area contributed by atoms with Crippen molar-refractivity contribution in [1.29, 1.82) is 0 Å². The average molecular weight is 341 g/mol. The van der Waals surface area contributed by atoms with Crippen molar-refractivity contribution in [2.45, 2.75) is 96.8 Å². The van der Waals surface area contributed by atoms with Gasteiger partial charge in [-0.2, -0.15) is 0 Å². The number of carbonyl (C=O) groups is 3. The van der Waals surface area contributed by atoms with Crippen LogP contribution in [0.2, 0.25) is 0 Å². The van der Waals surface area contributed by atoms with Gasteiger partial charge in [0.2, 0.25) is 5.78 Å². The maximum Gasteiger partial charge on any atom is 0.305 e. The van der Waals surface area contributed by atoms with Crippen LogP contribution in [0.5, 0.6) is 0 Å². The summed E-state index contributed by atoms with van der Waals surface area (Å²) in [5, 5.41) is 10.8. The number of Topliss-reactive ketones (excluding diaryl/α,β-unsaturated/α-hetero) is 1. The summed E-state index contributed by atoms with van der Waals surface area (Å²) in [6, 6.07) is 0. The Hall–Kier alpha value is -1.39. The number of amides is 1. The molecule has 5 nitrogen and oxygen atoms in total. The van der Waals surface area contributed by atoms with E-state index in [-0.39, 0.29) is 19.4 Å². The first-order valence-electron chi connectivity index (χ1n) is 9.60. The number of ketones is 1. The Balaban J connectivity index is 3.32. The Morgan fingerprint density at radius 3 is 1.62 bits per heavy atom. The number of carboxylic acids is 1. The fourth-order valence-electron chi connectivity index (χ4n) is 2.62. The molecule has 0 aromatic rings. The molecule has 0 fully saturated rings. The van der Waals surface area contributed by atoms with Gasteiger partial charge in [-0.1, -0.05) is 77.6 Å². The summed E-state index contributed by atoms with van der Waals surface area (Å²) in [5.41, 5.74) is 0. The van der Waals surface area contributed by atoms with Crippen molar-refractivity contribution in [2.75, 3.05) is 6.54 Å². The van der Waals surface area contributed by atoms with E-state index < -0.39 is 17.7 Å². The molecule has 0 saturated heterocycles. The fraction of sp³-hybridized carbons (Fsp3) is 0.842. The first-order valence-corrected chi connectivity index (χ1v) is 9.60. The average Bonchev–Trinajstić information content (AvgIpc) is 2.55. The van der Waals surface area contributed by atoms with E-state index in [0.717, 1.165) is 19.3 Å². The smallest absolute Gasteiger partial charge is 0.305 e. The van der Waals surface area contributed by atoms with Crippen LogP contribution < -0.4 is 5.32 Å². The summed E-state index contributed by atoms with van der Waals surface area (Å²) in [6.45, 7) is 2.25. The molecule has 0 rings (SSSR count). The lowest BCUT2D eigenvalue weighted by Crippen LogP contribution is -2.32. The van der Waals surface area contributed by atoms with Gasteiger partial charge in [0.25, 0.3) is 5.91 Å². The van der Waals surface area contributed by atoms with Gasteiger partial charge in [0, 0.05) is 13.0 Å². The van der Waals surface area contributed by atoms with Crippen LogP contribution in [0.15, 0.2) is 0 Å². The largest absolute Gasteiger partial charge is 0.481 e. The van der Waals surface area contributed by atoms with E-state index in [4.69, 9.17) is 5.11 Å². The van der Waals surface area contributed by atoms with Crippen molar-refractivity contribution >= 4 is 17.7 Å². The molecule has 0 aromatic heterocycles. The number of hydrogen-bond acceptors (Lipinski definition) is 3. The number of nitrogens with one attached hydrogen (secondary N) is 1. The second-order valence-electron chi connectivity index (χ2n) is 6.46. The van der Waals surface area contributed by atoms with E-state index in [1.54, 1.807) is 0 Å². The molecule has 0 bridgehead atoms. The maximum atomic E-state index is 11.5. The van der Waals surface area contributed by atoms with Gasteiger partial charge in [-0.05, 0) is 6.42 Å². The number of carbonyl (C=O) groups excluding carboxylic acids is 2. The van der Waals surface area contributed by atoms with Crippen LogP contribution in [0, 0.1) is 0 Å². The highest BCUT2D eigenvalue weighted by molar-refractivity contribution is 6.36. The molecule has 0 atom stereocenters. The standard InChI is InChI=1S/C19H35NO4/c1-2-3-4-5-6-7-8-9-10-11-12-13-14-17(21)19(24)20-16-15-18(22)23/h2-16H2,1H3,(H,20,24)(H,22,23). The minimum absolute atomic E-state index is 0.0123. The fourth-order valence-corrected chi connectivity index (χ4v) is 2.62. The zero-order chi connectivity index (χ0) is 18.0. The first kappa shape index (κ1) is 22.6. The van der Waals surface area contributed by atoms with Crippen LogP contribution in [0.25, 0.3) is 0 Å². The van der Waals surface area contributed by atoms with Gasteiger partial charge in [-0.3, -0.25) is 14.4 Å². The lowest BCUT2D eigenvalue weighted by molar-refractivity contribution is -0.139. The lowest BCUT2D eigenvalue weighted by Gasteiger charge is -2.04. The zero-order valence-corrected chi connectivity index (χ0v) is 15.3. The van der Waals surface area contributed by atoms with Crippen molar-refractivity contribution in [1.82, 2.24) is 5.32 Å². The summed E-state index contributed by atoms with van der Waals surface area (Å²) < 4.78 is 0. The van der Waals surface area contributed by atoms with E-state index in [0.29, 0.717) is 0 Å². The lowest BCUT2D eigenvalue weighted by atomic mass is 10.0. The SMILES string of the molecule is CCCCCCCCCCCCCCC(=O)C(=O)NCCC(=O)O. The van der Waals surface area contributed by atoms with Crippen LogP contribution in [-0.2, 0) is 14.4 Å². The van der Waals surface area contributed by atoms with Crippen LogP contribution in [0.3, 0.4) is 0 Å². The summed E-state index contributed by atoms with van der Waals surface area (Å²) in [6.07, 6.45) is 14.8. The summed E-state index contributed by atoms with van der Waals surface area (Å²) in [4.78, 5) is 33.3. The third kappa shape index (κ3) is 15.5. The summed E-state index contributed by atoms with van der Waals surface area (Å²) in [7, 11) is 0. The second kappa shape index (κ2) is 16.5. The molecule has 140 valence electrons. The third-order valence-corrected chi connectivity index (χ3v) is 4.14. The maximum absolute atomic E-state index is 11.5. The molecule has 0 radical (unpaired) electrons. The van der Waals surface area contributed by atoms with E-state index in [1.807, 2.05) is 0 Å². The van der Waals surface area contributed by atoms with Crippen molar-refractivity contribution in [3.63, 3.8) is 0 Å². The van der Waals surface area contributed by atoms with Crippen molar-refractivity contribution in [3.8, 4) is 0 Å². The molecule has 0 aliphatic heterocycles. The van der Waals surface area contributed by atoms with Crippen LogP contribution >= 0.6 is 0 Å². The van der Waals surface area contributed by atoms with Crippen molar-refractivity contribution in [3.05, 3.63) is 0 Å². The van der Waals surface area contributed by atoms with E-state index in [1.165, 1.54) is 57.8 Å². The van der Waals surface area contributed by atoms with Gasteiger partial charge in [-0.15, -0.1) is 0 Å². The molecule has 0 aliphatic rings. The highest BCUT2D eigenvalue weighted by Crippen LogP contribution is 2.12. The first-order chi connectivity index (χ1) is 11.6. The molecule has 2 N–H and O–H groups in total. The number of aliphatic carboxylic acids is 1. The Bertz CT molecular complexity index is 355. The number of rotatable bonds is 17. The monoisotopic (exact) mass is 341 g/mol. The molecular weight excluding hydrogens is 306 g/mol. The Morgan fingerprint density at radius 2 is 1.17 bits per heavy atom. The minimum atomic E-state index is -0.983. The van der Waals surface area contributed by atoms with Crippen LogP contribution in [0.1, 0.15) is 96.8 Å². The molecule has 0 heterocycles. The summed E-state index contributed by atoms with van der Waals surface area (Å²) >= 11 is 0. The molecule has 0 aliphatic carbocycles. The molecule has 0 aromatic carbocycles. The minimum Gasteiger partial charge on any atom is -0.481 e. The number of carboxylic acid groups (broad SMARTS) is 1. The van der Waals surface area contributed by atoms with Gasteiger partial charge in [0.15, 0.2) is 0 Å². The van der Waals surface area contributed by atoms with Gasteiger partial charge >= 0.3 is 5.97 Å². The van der Waals surface area contributed by atoms with Crippen molar-refractivity contribution < 1.29 is 19.5 Å². The predicted molar refractivity (Wildman–Crippen MR) is 96.0 cm³/mol. The van der Waals surface area contributed by atoms with Crippen LogP contribution in [-0.4, -0.2) is 29.3 Å². The molecule has 0 saturated carbocycles. The van der Waals surface area contributed by atoms with Crippen LogP contribution in [0.4, 0.5) is 0 Å². The van der Waals surface area contributed by atoms with Gasteiger partial charge in [-0.25, -0.2) is 0 Å². The highest BCUT2D eigenvalue weighted by atomic mass is 16.4. The number of unbranched alkanes of at least 4 members (excludes halogenated alkanes) is 11. The Kier molecular flexibility index (Phi) is 15.5. The van der Waals surface area contributed by atoms with E-state index in [9.17, 15) is 14.4 Å². The quantitative estimate of drug-likeness (QED) is 0.306. The molecule has 24 heavy (non-hydrogen) atoms. The molecule has 5 heteroatoms. The number of hydrogen-bond donors (Lipinski definition) is 2. The molecule has 0 unspecified atom stereocenters. The van der Waals surface area contributed by atoms with Gasteiger partial charge in [0.05, 0.1) is 6.42 Å². The Labute approximate surface area is 146 Å². The van der Waals surface area contributed by atoms with E-state index >= 15 is 0 Å². The summed E-state index contributed by atoms with van der Waals surface area (Å²) in [5.74, 6) is -2.07. The predicted octanol–water partition coefficient (Wildman–Crippen LogP) is 4.24. The third-order valence-electron chi connectivity index (χ3n) is 4.14. The highest BCUT2D eigenvalue weighted by Gasteiger charge is 2.12. The topological polar surface area (TPSA) is 83.5 Å².